The van der Waals surface area contributed by atoms with Crippen molar-refractivity contribution < 1.29 is 23.9 Å². The standard InChI is InChI=1S/C23H24N2O5/c26-21(14-30-23(28)16-9-10-20-15(13-16)11-12-29-20)25-19-8-4-3-7-18(19)22(27)24-17-5-1-2-6-17/h3-4,7-10,13,17H,1-2,5-6,11-12,14H2,(H,24,27)(H,25,26). The zero-order chi connectivity index (χ0) is 20.9. The van der Waals surface area contributed by atoms with Gasteiger partial charge in [0.25, 0.3) is 11.8 Å². The monoisotopic (exact) mass is 408 g/mol. The summed E-state index contributed by atoms with van der Waals surface area (Å²) in [6.45, 7) is 0.162. The van der Waals surface area contributed by atoms with E-state index in [1.54, 1.807) is 42.5 Å². The number of fused-ring (bicyclic) bond motifs is 1. The zero-order valence-electron chi connectivity index (χ0n) is 16.6. The van der Waals surface area contributed by atoms with E-state index in [4.69, 9.17) is 9.47 Å². The number of hydrogen-bond acceptors (Lipinski definition) is 5. The van der Waals surface area contributed by atoms with Gasteiger partial charge in [-0.05, 0) is 48.7 Å². The van der Waals surface area contributed by atoms with Gasteiger partial charge in [-0.15, -0.1) is 0 Å². The Morgan fingerprint density at radius 2 is 1.87 bits per heavy atom. The quantitative estimate of drug-likeness (QED) is 0.717. The highest BCUT2D eigenvalue weighted by molar-refractivity contribution is 6.04. The van der Waals surface area contributed by atoms with E-state index in [1.165, 1.54) is 0 Å². The van der Waals surface area contributed by atoms with E-state index in [9.17, 15) is 14.4 Å². The lowest BCUT2D eigenvalue weighted by Gasteiger charge is -2.15. The number of hydrogen-bond donors (Lipinski definition) is 2. The van der Waals surface area contributed by atoms with Crippen molar-refractivity contribution in [3.05, 3.63) is 59.2 Å². The number of anilines is 1. The number of para-hydroxylation sites is 1. The van der Waals surface area contributed by atoms with Crippen molar-refractivity contribution in [3.63, 3.8) is 0 Å². The van der Waals surface area contributed by atoms with Crippen molar-refractivity contribution >= 4 is 23.5 Å². The number of nitrogens with one attached hydrogen (secondary N) is 2. The van der Waals surface area contributed by atoms with E-state index >= 15 is 0 Å². The van der Waals surface area contributed by atoms with Gasteiger partial charge in [-0.3, -0.25) is 9.59 Å². The van der Waals surface area contributed by atoms with Crippen LogP contribution in [-0.2, 0) is 16.0 Å². The van der Waals surface area contributed by atoms with Gasteiger partial charge in [0.2, 0.25) is 0 Å². The number of esters is 1. The van der Waals surface area contributed by atoms with E-state index in [1.807, 2.05) is 0 Å². The molecule has 2 aliphatic rings. The predicted molar refractivity (Wildman–Crippen MR) is 111 cm³/mol. The van der Waals surface area contributed by atoms with Crippen LogP contribution in [0.2, 0.25) is 0 Å². The molecule has 1 heterocycles. The fourth-order valence-electron chi connectivity index (χ4n) is 3.84. The smallest absolute Gasteiger partial charge is 0.338 e. The first kappa shape index (κ1) is 19.9. The Morgan fingerprint density at radius 1 is 1.07 bits per heavy atom. The molecule has 0 unspecified atom stereocenters. The van der Waals surface area contributed by atoms with Crippen LogP contribution in [0.15, 0.2) is 42.5 Å². The van der Waals surface area contributed by atoms with E-state index in [2.05, 4.69) is 10.6 Å². The van der Waals surface area contributed by atoms with Crippen molar-refractivity contribution in [1.29, 1.82) is 0 Å². The minimum Gasteiger partial charge on any atom is -0.493 e. The van der Waals surface area contributed by atoms with Gasteiger partial charge >= 0.3 is 5.97 Å². The molecule has 0 radical (unpaired) electrons. The maximum absolute atomic E-state index is 12.6. The normalized spacial score (nSPS) is 15.2. The van der Waals surface area contributed by atoms with Gasteiger partial charge in [-0.25, -0.2) is 4.79 Å². The maximum atomic E-state index is 12.6. The molecule has 0 bridgehead atoms. The minimum atomic E-state index is -0.577. The van der Waals surface area contributed by atoms with Crippen LogP contribution in [0, 0.1) is 0 Å². The second kappa shape index (κ2) is 8.98. The fraction of sp³-hybridized carbons (Fsp3) is 0.348. The Morgan fingerprint density at radius 3 is 2.70 bits per heavy atom. The molecular formula is C23H24N2O5. The lowest BCUT2D eigenvalue weighted by Crippen LogP contribution is -2.33. The number of amides is 2. The van der Waals surface area contributed by atoms with Crippen LogP contribution in [0.1, 0.15) is 52.0 Å². The second-order valence-electron chi connectivity index (χ2n) is 7.55. The first-order valence-electron chi connectivity index (χ1n) is 10.2. The highest BCUT2D eigenvalue weighted by Gasteiger charge is 2.21. The number of carbonyl (C=O) groups excluding carboxylic acids is 3. The van der Waals surface area contributed by atoms with Crippen molar-refractivity contribution in [3.8, 4) is 5.75 Å². The predicted octanol–water partition coefficient (Wildman–Crippen LogP) is 3.09. The average Bonchev–Trinajstić information content (AvgIpc) is 3.43. The lowest BCUT2D eigenvalue weighted by molar-refractivity contribution is -0.119. The third kappa shape index (κ3) is 4.62. The van der Waals surface area contributed by atoms with Crippen molar-refractivity contribution in [2.45, 2.75) is 38.1 Å². The van der Waals surface area contributed by atoms with Crippen LogP contribution in [-0.4, -0.2) is 37.0 Å². The third-order valence-corrected chi connectivity index (χ3v) is 5.40. The summed E-state index contributed by atoms with van der Waals surface area (Å²) in [5.41, 5.74) is 2.12. The largest absolute Gasteiger partial charge is 0.493 e. The SMILES string of the molecule is O=C(COC(=O)c1ccc2c(c1)CCO2)Nc1ccccc1C(=O)NC1CCCC1. The molecule has 7 nitrogen and oxygen atoms in total. The van der Waals surface area contributed by atoms with Crippen LogP contribution in [0.4, 0.5) is 5.69 Å². The Hall–Kier alpha value is -3.35. The maximum Gasteiger partial charge on any atom is 0.338 e. The van der Waals surface area contributed by atoms with E-state index in [-0.39, 0.29) is 11.9 Å². The molecule has 1 saturated carbocycles. The number of benzene rings is 2. The Balaban J connectivity index is 1.34. The molecule has 4 rings (SSSR count). The summed E-state index contributed by atoms with van der Waals surface area (Å²) in [7, 11) is 0. The third-order valence-electron chi connectivity index (χ3n) is 5.40. The Labute approximate surface area is 174 Å². The van der Waals surface area contributed by atoms with Gasteiger partial charge in [-0.1, -0.05) is 25.0 Å². The molecule has 2 amide bonds. The molecule has 1 aliphatic carbocycles. The van der Waals surface area contributed by atoms with Gasteiger partial charge in [0, 0.05) is 12.5 Å². The van der Waals surface area contributed by atoms with Crippen molar-refractivity contribution in [2.75, 3.05) is 18.5 Å². The molecule has 2 aromatic rings. The highest BCUT2D eigenvalue weighted by atomic mass is 16.5. The summed E-state index contributed by atoms with van der Waals surface area (Å²) >= 11 is 0. The first-order valence-corrected chi connectivity index (χ1v) is 10.2. The van der Waals surface area contributed by atoms with Gasteiger partial charge in [0.15, 0.2) is 6.61 Å². The van der Waals surface area contributed by atoms with Gasteiger partial charge < -0.3 is 20.1 Å². The van der Waals surface area contributed by atoms with Gasteiger partial charge in [-0.2, -0.15) is 0 Å². The summed E-state index contributed by atoms with van der Waals surface area (Å²) in [5.74, 6) is -0.520. The summed E-state index contributed by atoms with van der Waals surface area (Å²) in [6.07, 6.45) is 4.94. The van der Waals surface area contributed by atoms with E-state index in [0.717, 1.165) is 43.4 Å². The second-order valence-corrected chi connectivity index (χ2v) is 7.55. The number of carbonyl (C=O) groups is 3. The highest BCUT2D eigenvalue weighted by Crippen LogP contribution is 2.26. The van der Waals surface area contributed by atoms with Crippen LogP contribution in [0.5, 0.6) is 5.75 Å². The fourth-order valence-corrected chi connectivity index (χ4v) is 3.84. The van der Waals surface area contributed by atoms with Crippen molar-refractivity contribution in [1.82, 2.24) is 5.32 Å². The van der Waals surface area contributed by atoms with Crippen molar-refractivity contribution in [2.24, 2.45) is 0 Å². The lowest BCUT2D eigenvalue weighted by atomic mass is 10.1. The Bertz CT molecular complexity index is 966. The molecular weight excluding hydrogens is 384 g/mol. The molecule has 156 valence electrons. The zero-order valence-corrected chi connectivity index (χ0v) is 16.6. The summed E-state index contributed by atoms with van der Waals surface area (Å²) < 4.78 is 10.6. The van der Waals surface area contributed by atoms with Crippen LogP contribution in [0.25, 0.3) is 0 Å². The molecule has 0 saturated heterocycles. The topological polar surface area (TPSA) is 93.7 Å². The van der Waals surface area contributed by atoms with Gasteiger partial charge in [0.1, 0.15) is 5.75 Å². The van der Waals surface area contributed by atoms with Crippen LogP contribution >= 0.6 is 0 Å². The van der Waals surface area contributed by atoms with E-state index < -0.39 is 18.5 Å². The average molecular weight is 408 g/mol. The molecule has 0 atom stereocenters. The molecule has 0 spiro atoms. The van der Waals surface area contributed by atoms with E-state index in [0.29, 0.717) is 23.4 Å². The van der Waals surface area contributed by atoms with Crippen LogP contribution < -0.4 is 15.4 Å². The summed E-state index contributed by atoms with van der Waals surface area (Å²) in [6, 6.07) is 12.1. The first-order chi connectivity index (χ1) is 14.6. The molecule has 1 aliphatic heterocycles. The molecule has 30 heavy (non-hydrogen) atoms. The number of rotatable bonds is 6. The molecule has 1 fully saturated rings. The summed E-state index contributed by atoms with van der Waals surface area (Å²) in [5, 5.41) is 5.68. The molecule has 7 heteroatoms. The van der Waals surface area contributed by atoms with Gasteiger partial charge in [0.05, 0.1) is 23.4 Å². The molecule has 2 aromatic carbocycles. The minimum absolute atomic E-state index is 0.180. The summed E-state index contributed by atoms with van der Waals surface area (Å²) in [4.78, 5) is 37.2. The van der Waals surface area contributed by atoms with Crippen LogP contribution in [0.3, 0.4) is 0 Å². The molecule has 0 aromatic heterocycles. The Kier molecular flexibility index (Phi) is 5.97. The number of ether oxygens (including phenoxy) is 2. The molecule has 2 N–H and O–H groups in total.